The Morgan fingerprint density at radius 3 is 2.51 bits per heavy atom. The summed E-state index contributed by atoms with van der Waals surface area (Å²) in [7, 11) is 0. The van der Waals surface area contributed by atoms with Crippen molar-refractivity contribution in [2.24, 2.45) is 4.99 Å². The van der Waals surface area contributed by atoms with Crippen molar-refractivity contribution < 1.29 is 14.3 Å². The maximum absolute atomic E-state index is 14.1. The van der Waals surface area contributed by atoms with E-state index in [0.717, 1.165) is 16.0 Å². The number of fused-ring (bicyclic) bond motifs is 1. The Kier molecular flexibility index (Phi) is 8.82. The summed E-state index contributed by atoms with van der Waals surface area (Å²) < 4.78 is 13.6. The number of halogens is 1. The fourth-order valence-electron chi connectivity index (χ4n) is 4.68. The Morgan fingerprint density at radius 1 is 1.12 bits per heavy atom. The number of hydrogen-bond donors (Lipinski definition) is 0. The van der Waals surface area contributed by atoms with Crippen LogP contribution in [0.4, 0.5) is 0 Å². The molecule has 0 aliphatic carbocycles. The van der Waals surface area contributed by atoms with E-state index in [1.165, 1.54) is 11.3 Å². The molecule has 2 heterocycles. The first-order valence-corrected chi connectivity index (χ1v) is 15.6. The zero-order valence-electron chi connectivity index (χ0n) is 23.1. The predicted octanol–water partition coefficient (Wildman–Crippen LogP) is 6.10. The maximum atomic E-state index is 14.1. The lowest BCUT2D eigenvalue weighted by molar-refractivity contribution is -0.138. The third-order valence-electron chi connectivity index (χ3n) is 6.43. The first-order chi connectivity index (χ1) is 19.8. The van der Waals surface area contributed by atoms with Gasteiger partial charge in [-0.1, -0.05) is 65.4 Å². The Hall–Kier alpha value is -3.59. The number of thioether (sulfide) groups is 1. The Balaban J connectivity index is 1.81. The van der Waals surface area contributed by atoms with Gasteiger partial charge in [0.2, 0.25) is 0 Å². The molecule has 0 N–H and O–H groups in total. The van der Waals surface area contributed by atoms with Crippen LogP contribution in [0.2, 0.25) is 5.02 Å². The van der Waals surface area contributed by atoms with E-state index in [2.05, 4.69) is 0 Å². The third kappa shape index (κ3) is 6.05. The topological polar surface area (TPSA) is 69.9 Å². The molecule has 1 aliphatic heterocycles. The Bertz CT molecular complexity index is 1790. The second kappa shape index (κ2) is 12.5. The molecule has 41 heavy (non-hydrogen) atoms. The van der Waals surface area contributed by atoms with Gasteiger partial charge in [-0.3, -0.25) is 9.36 Å². The predicted molar refractivity (Wildman–Crippen MR) is 166 cm³/mol. The van der Waals surface area contributed by atoms with E-state index in [-0.39, 0.29) is 18.3 Å². The van der Waals surface area contributed by atoms with Crippen LogP contribution in [0.25, 0.3) is 11.8 Å². The Morgan fingerprint density at radius 2 is 1.85 bits per heavy atom. The van der Waals surface area contributed by atoms with Crippen molar-refractivity contribution in [3.05, 3.63) is 120 Å². The minimum absolute atomic E-state index is 0.0608. The number of rotatable bonds is 8. The summed E-state index contributed by atoms with van der Waals surface area (Å²) in [4.78, 5) is 34.2. The van der Waals surface area contributed by atoms with Gasteiger partial charge in [-0.25, -0.2) is 9.79 Å². The van der Waals surface area contributed by atoms with Crippen LogP contribution < -0.4 is 19.6 Å². The number of hydrogen-bond acceptors (Lipinski definition) is 7. The number of benzene rings is 3. The molecule has 6 nitrogen and oxygen atoms in total. The third-order valence-corrected chi connectivity index (χ3v) is 8.39. The van der Waals surface area contributed by atoms with Gasteiger partial charge in [0.1, 0.15) is 5.75 Å². The van der Waals surface area contributed by atoms with E-state index >= 15 is 0 Å². The SMILES string of the molecule is CCOC(=O)C1=C(c2ccccc2)N=c2s/c(=C\c3cc(Cl)ccc3OC(C)C)c(=O)n2[C@H]1c1ccc(SC)cc1. The molecule has 0 unspecified atom stereocenters. The zero-order chi connectivity index (χ0) is 29.1. The lowest BCUT2D eigenvalue weighted by Gasteiger charge is -2.26. The summed E-state index contributed by atoms with van der Waals surface area (Å²) in [6, 6.07) is 22.0. The lowest BCUT2D eigenvalue weighted by Crippen LogP contribution is -2.40. The normalized spacial score (nSPS) is 15.1. The Labute approximate surface area is 251 Å². The van der Waals surface area contributed by atoms with Gasteiger partial charge >= 0.3 is 5.97 Å². The highest BCUT2D eigenvalue weighted by Gasteiger charge is 2.35. The molecular weight excluding hydrogens is 576 g/mol. The fourth-order valence-corrected chi connectivity index (χ4v) is 6.26. The maximum Gasteiger partial charge on any atom is 0.338 e. The van der Waals surface area contributed by atoms with E-state index in [1.54, 1.807) is 47.5 Å². The smallest absolute Gasteiger partial charge is 0.338 e. The van der Waals surface area contributed by atoms with Crippen LogP contribution in [0, 0.1) is 0 Å². The van der Waals surface area contributed by atoms with Gasteiger partial charge in [0.05, 0.1) is 34.6 Å². The highest BCUT2D eigenvalue weighted by Crippen LogP contribution is 2.35. The van der Waals surface area contributed by atoms with Crippen LogP contribution in [0.3, 0.4) is 0 Å². The van der Waals surface area contributed by atoms with Crippen molar-refractivity contribution in [1.29, 1.82) is 0 Å². The van der Waals surface area contributed by atoms with Crippen LogP contribution in [0.5, 0.6) is 5.75 Å². The number of nitrogens with zero attached hydrogens (tertiary/aromatic N) is 2. The molecule has 0 bridgehead atoms. The molecule has 0 spiro atoms. The van der Waals surface area contributed by atoms with Crippen molar-refractivity contribution in [3.63, 3.8) is 0 Å². The summed E-state index contributed by atoms with van der Waals surface area (Å²) in [5, 5.41) is 0.530. The first-order valence-electron chi connectivity index (χ1n) is 13.2. The largest absolute Gasteiger partial charge is 0.490 e. The summed E-state index contributed by atoms with van der Waals surface area (Å²) in [6.45, 7) is 5.84. The van der Waals surface area contributed by atoms with Gasteiger partial charge in [-0.2, -0.15) is 0 Å². The summed E-state index contributed by atoms with van der Waals surface area (Å²) >= 11 is 9.21. The molecule has 0 amide bonds. The minimum Gasteiger partial charge on any atom is -0.490 e. The molecule has 210 valence electrons. The molecule has 4 aromatic rings. The monoisotopic (exact) mass is 604 g/mol. The van der Waals surface area contributed by atoms with Crippen LogP contribution in [-0.4, -0.2) is 29.5 Å². The molecule has 1 aromatic heterocycles. The molecule has 0 fully saturated rings. The lowest BCUT2D eigenvalue weighted by atomic mass is 9.93. The summed E-state index contributed by atoms with van der Waals surface area (Å²) in [6.07, 6.45) is 3.72. The van der Waals surface area contributed by atoms with Crippen molar-refractivity contribution in [1.82, 2.24) is 4.57 Å². The molecule has 1 atom stereocenters. The number of esters is 1. The highest BCUT2D eigenvalue weighted by atomic mass is 35.5. The van der Waals surface area contributed by atoms with Crippen molar-refractivity contribution in [2.45, 2.75) is 37.8 Å². The highest BCUT2D eigenvalue weighted by molar-refractivity contribution is 7.98. The van der Waals surface area contributed by atoms with Crippen LogP contribution in [-0.2, 0) is 9.53 Å². The number of thiazole rings is 1. The van der Waals surface area contributed by atoms with Gasteiger partial charge in [0.15, 0.2) is 4.80 Å². The molecule has 0 saturated heterocycles. The van der Waals surface area contributed by atoms with Gasteiger partial charge in [0, 0.05) is 21.0 Å². The first kappa shape index (κ1) is 28.9. The average molecular weight is 605 g/mol. The molecular formula is C32H29ClN2O4S2. The standard InChI is InChI=1S/C32H29ClN2O4S2/c1-5-38-31(37)27-28(20-9-7-6-8-10-20)34-32-35(29(27)21-11-14-24(40-4)15-12-21)30(36)26(41-32)18-22-17-23(33)13-16-25(22)39-19(2)3/h6-19,29H,5H2,1-4H3/b26-18-/t29-/m0/s1. The van der Waals surface area contributed by atoms with Gasteiger partial charge < -0.3 is 9.47 Å². The van der Waals surface area contributed by atoms with Crippen molar-refractivity contribution in [3.8, 4) is 5.75 Å². The van der Waals surface area contributed by atoms with Crippen molar-refractivity contribution >= 4 is 52.4 Å². The molecule has 9 heteroatoms. The second-order valence-corrected chi connectivity index (χ2v) is 11.9. The number of aromatic nitrogens is 1. The summed E-state index contributed by atoms with van der Waals surface area (Å²) in [5.74, 6) is 0.113. The zero-order valence-corrected chi connectivity index (χ0v) is 25.5. The second-order valence-electron chi connectivity index (χ2n) is 9.55. The quantitative estimate of drug-likeness (QED) is 0.180. The van der Waals surface area contributed by atoms with Crippen LogP contribution in [0.15, 0.2) is 93.1 Å². The number of ether oxygens (including phenoxy) is 2. The van der Waals surface area contributed by atoms with E-state index in [9.17, 15) is 9.59 Å². The summed E-state index contributed by atoms with van der Waals surface area (Å²) in [5.41, 5.74) is 2.78. The van der Waals surface area contributed by atoms with Crippen LogP contribution in [0.1, 0.15) is 43.5 Å². The fraction of sp³-hybridized carbons (Fsp3) is 0.219. The van der Waals surface area contributed by atoms with Crippen LogP contribution >= 0.6 is 34.7 Å². The van der Waals surface area contributed by atoms with Gasteiger partial charge in [-0.05, 0) is 69.0 Å². The average Bonchev–Trinajstić information content (AvgIpc) is 3.28. The van der Waals surface area contributed by atoms with E-state index in [0.29, 0.717) is 36.9 Å². The number of carbonyl (C=O) groups is 1. The molecule has 5 rings (SSSR count). The van der Waals surface area contributed by atoms with Gasteiger partial charge in [0.25, 0.3) is 5.56 Å². The molecule has 0 saturated carbocycles. The van der Waals surface area contributed by atoms with Gasteiger partial charge in [-0.15, -0.1) is 11.8 Å². The molecule has 0 radical (unpaired) electrons. The minimum atomic E-state index is -0.732. The molecule has 3 aromatic carbocycles. The molecule has 1 aliphatic rings. The van der Waals surface area contributed by atoms with E-state index < -0.39 is 12.0 Å². The van der Waals surface area contributed by atoms with Crippen molar-refractivity contribution in [2.75, 3.05) is 12.9 Å². The number of carbonyl (C=O) groups excluding carboxylic acids is 1. The van der Waals surface area contributed by atoms with E-state index in [1.807, 2.05) is 74.7 Å². The van der Waals surface area contributed by atoms with E-state index in [4.69, 9.17) is 26.1 Å².